The van der Waals surface area contributed by atoms with Gasteiger partial charge in [0.25, 0.3) is 0 Å². The normalized spacial score (nSPS) is 27.9. The summed E-state index contributed by atoms with van der Waals surface area (Å²) in [4.78, 5) is 7.39. The second-order valence-electron chi connectivity index (χ2n) is 7.63. The van der Waals surface area contributed by atoms with Gasteiger partial charge in [-0.25, -0.2) is 0 Å². The van der Waals surface area contributed by atoms with Gasteiger partial charge in [0, 0.05) is 47.5 Å². The molecule has 1 aliphatic carbocycles. The molecule has 0 bridgehead atoms. The molecule has 2 aliphatic rings. The van der Waals surface area contributed by atoms with Crippen LogP contribution in [-0.4, -0.2) is 64.8 Å². The minimum absolute atomic E-state index is 0.355. The topological polar surface area (TPSA) is 56.7 Å². The summed E-state index contributed by atoms with van der Waals surface area (Å²) in [6.45, 7) is 11.8. The Morgan fingerprint density at radius 1 is 1.24 bits per heavy atom. The average molecular weight is 371 g/mol. The highest BCUT2D eigenvalue weighted by molar-refractivity contribution is 7.85. The first-order valence-corrected chi connectivity index (χ1v) is 11.6. The molecule has 2 rings (SSSR count). The van der Waals surface area contributed by atoms with Crippen molar-refractivity contribution in [3.05, 3.63) is 0 Å². The Hall–Kier alpha value is -0.620. The van der Waals surface area contributed by atoms with Crippen LogP contribution in [0.2, 0.25) is 0 Å². The molecule has 1 heterocycles. The molecule has 1 aliphatic heterocycles. The van der Waals surface area contributed by atoms with Crippen LogP contribution in [0.15, 0.2) is 4.99 Å². The van der Waals surface area contributed by atoms with E-state index < -0.39 is 10.8 Å². The van der Waals surface area contributed by atoms with Gasteiger partial charge in [0.1, 0.15) is 0 Å². The molecule has 0 aromatic carbocycles. The first kappa shape index (κ1) is 20.7. The van der Waals surface area contributed by atoms with E-state index in [1.807, 2.05) is 6.92 Å². The molecule has 0 amide bonds. The second kappa shape index (κ2) is 11.2. The quantitative estimate of drug-likeness (QED) is 0.509. The molecule has 0 aromatic rings. The Balaban J connectivity index is 1.82. The number of aliphatic imine (C=N–C) groups is 1. The highest BCUT2D eigenvalue weighted by Gasteiger charge is 2.26. The fraction of sp³-hybridized carbons (Fsp3) is 0.947. The summed E-state index contributed by atoms with van der Waals surface area (Å²) in [5, 5.41) is 7.35. The third-order valence-electron chi connectivity index (χ3n) is 5.30. The molecular formula is C19H38N4OS. The molecule has 0 spiro atoms. The summed E-state index contributed by atoms with van der Waals surface area (Å²) in [5.74, 6) is 2.29. The summed E-state index contributed by atoms with van der Waals surface area (Å²) >= 11 is 0. The molecule has 1 saturated carbocycles. The van der Waals surface area contributed by atoms with Crippen LogP contribution < -0.4 is 10.6 Å². The Bertz CT molecular complexity index is 437. The van der Waals surface area contributed by atoms with Gasteiger partial charge < -0.3 is 15.5 Å². The highest BCUT2D eigenvalue weighted by atomic mass is 32.2. The Labute approximate surface area is 156 Å². The molecule has 146 valence electrons. The Morgan fingerprint density at radius 3 is 2.68 bits per heavy atom. The predicted molar refractivity (Wildman–Crippen MR) is 109 cm³/mol. The lowest BCUT2D eigenvalue weighted by Crippen LogP contribution is -2.47. The van der Waals surface area contributed by atoms with Crippen LogP contribution in [0.4, 0.5) is 0 Å². The van der Waals surface area contributed by atoms with E-state index in [-0.39, 0.29) is 0 Å². The first-order valence-electron chi connectivity index (χ1n) is 10.3. The zero-order valence-corrected chi connectivity index (χ0v) is 17.2. The number of nitrogens with one attached hydrogen (secondary N) is 2. The molecule has 0 aromatic heterocycles. The second-order valence-corrected chi connectivity index (χ2v) is 9.64. The molecule has 0 radical (unpaired) electrons. The fourth-order valence-electron chi connectivity index (χ4n) is 3.97. The van der Waals surface area contributed by atoms with Crippen molar-refractivity contribution in [1.29, 1.82) is 0 Å². The number of hydrogen-bond acceptors (Lipinski definition) is 3. The van der Waals surface area contributed by atoms with Gasteiger partial charge in [-0.2, -0.15) is 0 Å². The van der Waals surface area contributed by atoms with Crippen molar-refractivity contribution in [2.24, 2.45) is 10.9 Å². The SMILES string of the molecule is CCNC(=NCC(C)CN1CCCC1)NC1CCCC(S(=O)CC)C1. The monoisotopic (exact) mass is 370 g/mol. The van der Waals surface area contributed by atoms with Crippen LogP contribution >= 0.6 is 0 Å². The van der Waals surface area contributed by atoms with Crippen LogP contribution in [0.3, 0.4) is 0 Å². The van der Waals surface area contributed by atoms with Gasteiger partial charge in [0.15, 0.2) is 5.96 Å². The van der Waals surface area contributed by atoms with E-state index in [2.05, 4.69) is 29.4 Å². The van der Waals surface area contributed by atoms with Crippen molar-refractivity contribution in [3.8, 4) is 0 Å². The van der Waals surface area contributed by atoms with Gasteiger partial charge in [-0.15, -0.1) is 0 Å². The average Bonchev–Trinajstić information content (AvgIpc) is 3.12. The van der Waals surface area contributed by atoms with Gasteiger partial charge >= 0.3 is 0 Å². The first-order chi connectivity index (χ1) is 12.1. The van der Waals surface area contributed by atoms with E-state index >= 15 is 0 Å². The summed E-state index contributed by atoms with van der Waals surface area (Å²) < 4.78 is 12.1. The molecular weight excluding hydrogens is 332 g/mol. The highest BCUT2D eigenvalue weighted by Crippen LogP contribution is 2.23. The molecule has 25 heavy (non-hydrogen) atoms. The van der Waals surface area contributed by atoms with E-state index in [1.165, 1.54) is 32.4 Å². The van der Waals surface area contributed by atoms with E-state index in [4.69, 9.17) is 4.99 Å². The maximum atomic E-state index is 12.1. The van der Waals surface area contributed by atoms with Gasteiger partial charge in [-0.1, -0.05) is 20.3 Å². The van der Waals surface area contributed by atoms with Crippen molar-refractivity contribution >= 4 is 16.8 Å². The summed E-state index contributed by atoms with van der Waals surface area (Å²) in [5.41, 5.74) is 0. The van der Waals surface area contributed by atoms with Crippen molar-refractivity contribution in [3.63, 3.8) is 0 Å². The maximum Gasteiger partial charge on any atom is 0.191 e. The Morgan fingerprint density at radius 2 is 2.00 bits per heavy atom. The molecule has 2 N–H and O–H groups in total. The predicted octanol–water partition coefficient (Wildman–Crippen LogP) is 2.35. The van der Waals surface area contributed by atoms with Gasteiger partial charge in [0.05, 0.1) is 0 Å². The summed E-state index contributed by atoms with van der Waals surface area (Å²) in [7, 11) is -0.673. The molecule has 6 heteroatoms. The number of nitrogens with zero attached hydrogens (tertiary/aromatic N) is 2. The van der Waals surface area contributed by atoms with Gasteiger partial charge in [-0.3, -0.25) is 9.20 Å². The van der Waals surface area contributed by atoms with Crippen LogP contribution in [0.1, 0.15) is 59.3 Å². The minimum Gasteiger partial charge on any atom is -0.357 e. The molecule has 1 saturated heterocycles. The number of hydrogen-bond donors (Lipinski definition) is 2. The third-order valence-corrected chi connectivity index (χ3v) is 7.04. The smallest absolute Gasteiger partial charge is 0.191 e. The van der Waals surface area contributed by atoms with Crippen molar-refractivity contribution < 1.29 is 4.21 Å². The van der Waals surface area contributed by atoms with E-state index in [0.717, 1.165) is 50.6 Å². The lowest BCUT2D eigenvalue weighted by atomic mass is 9.95. The third kappa shape index (κ3) is 7.26. The maximum absolute atomic E-state index is 12.1. The van der Waals surface area contributed by atoms with Crippen LogP contribution in [0, 0.1) is 5.92 Å². The summed E-state index contributed by atoms with van der Waals surface area (Å²) in [6.07, 6.45) is 7.14. The number of rotatable bonds is 8. The van der Waals surface area contributed by atoms with Crippen LogP contribution in [0.5, 0.6) is 0 Å². The van der Waals surface area contributed by atoms with Crippen LogP contribution in [0.25, 0.3) is 0 Å². The largest absolute Gasteiger partial charge is 0.357 e. The van der Waals surface area contributed by atoms with Crippen molar-refractivity contribution in [2.75, 3.05) is 38.5 Å². The van der Waals surface area contributed by atoms with E-state index in [9.17, 15) is 4.21 Å². The fourth-order valence-corrected chi connectivity index (χ4v) is 5.32. The van der Waals surface area contributed by atoms with E-state index in [0.29, 0.717) is 17.2 Å². The minimum atomic E-state index is -0.673. The summed E-state index contributed by atoms with van der Waals surface area (Å²) in [6, 6.07) is 0.404. The van der Waals surface area contributed by atoms with Gasteiger partial charge in [-0.05, 0) is 58.0 Å². The molecule has 4 atom stereocenters. The van der Waals surface area contributed by atoms with Crippen molar-refractivity contribution in [2.45, 2.75) is 70.6 Å². The number of likely N-dealkylation sites (tertiary alicyclic amines) is 1. The lowest BCUT2D eigenvalue weighted by molar-refractivity contribution is 0.291. The van der Waals surface area contributed by atoms with Crippen LogP contribution in [-0.2, 0) is 10.8 Å². The molecule has 4 unspecified atom stereocenters. The molecule has 2 fully saturated rings. The zero-order valence-electron chi connectivity index (χ0n) is 16.4. The number of guanidine groups is 1. The van der Waals surface area contributed by atoms with Crippen molar-refractivity contribution in [1.82, 2.24) is 15.5 Å². The van der Waals surface area contributed by atoms with E-state index in [1.54, 1.807) is 0 Å². The van der Waals surface area contributed by atoms with Gasteiger partial charge in [0.2, 0.25) is 0 Å². The molecule has 5 nitrogen and oxygen atoms in total. The zero-order chi connectivity index (χ0) is 18.1. The standard InChI is InChI=1S/C19H38N4OS/c1-4-20-19(21-14-16(3)15-23-11-6-7-12-23)22-17-9-8-10-18(13-17)25(24)5-2/h16-18H,4-15H2,1-3H3,(H2,20,21,22). The lowest BCUT2D eigenvalue weighted by Gasteiger charge is -2.30. The Kier molecular flexibility index (Phi) is 9.24.